The normalized spacial score (nSPS) is 56.3. The van der Waals surface area contributed by atoms with Crippen LogP contribution in [-0.2, 0) is 0 Å². The molecule has 13 heavy (non-hydrogen) atoms. The van der Waals surface area contributed by atoms with Gasteiger partial charge in [0.2, 0.25) is 0 Å². The van der Waals surface area contributed by atoms with Crippen molar-refractivity contribution in [3.63, 3.8) is 0 Å². The summed E-state index contributed by atoms with van der Waals surface area (Å²) in [5.41, 5.74) is 8.72. The Morgan fingerprint density at radius 2 is 1.00 bits per heavy atom. The highest BCUT2D eigenvalue weighted by atomic mass is 35.5. The minimum absolute atomic E-state index is 0.0154. The molecule has 1 saturated heterocycles. The molecule has 76 valence electrons. The Morgan fingerprint density at radius 3 is 1.38 bits per heavy atom. The van der Waals surface area contributed by atoms with Crippen molar-refractivity contribution in [2.45, 2.75) is 33.6 Å². The van der Waals surface area contributed by atoms with Gasteiger partial charge in [0.25, 0.3) is 0 Å². The van der Waals surface area contributed by atoms with E-state index in [4.69, 9.17) is 46.4 Å². The monoisotopic (exact) mass is 263 g/mol. The molecule has 2 aliphatic rings. The Kier molecular flexibility index (Phi) is 3.16. The Hall–Kier alpha value is 1.04. The van der Waals surface area contributed by atoms with Gasteiger partial charge in [-0.1, -0.05) is 0 Å². The topological polar surface area (TPSA) is 36.1 Å². The van der Waals surface area contributed by atoms with Crippen molar-refractivity contribution in [3.8, 4) is 0 Å². The van der Waals surface area contributed by atoms with Gasteiger partial charge in [-0.3, -0.25) is 0 Å². The third kappa shape index (κ3) is 1.65. The minimum atomic E-state index is -0.318. The molecule has 6 atom stereocenters. The first-order valence-corrected chi connectivity index (χ1v) is 5.70. The molecule has 1 saturated carbocycles. The number of rotatable bonds is 0. The van der Waals surface area contributed by atoms with Crippen LogP contribution >= 0.6 is 46.4 Å². The molecule has 0 amide bonds. The van der Waals surface area contributed by atoms with Crippen LogP contribution in [-0.4, -0.2) is 33.6 Å². The molecule has 1 heterocycles. The molecule has 0 bridgehead atoms. The van der Waals surface area contributed by atoms with Crippen molar-refractivity contribution in [1.29, 1.82) is 0 Å². The van der Waals surface area contributed by atoms with E-state index in [2.05, 4.69) is 16.4 Å². The van der Waals surface area contributed by atoms with Crippen LogP contribution in [0.5, 0.6) is 0 Å². The van der Waals surface area contributed by atoms with E-state index in [1.54, 1.807) is 0 Å². The minimum Gasteiger partial charge on any atom is -0.238 e. The standard InChI is InChI=1S/C6H9Cl4N3/c7-1-2(8)4(10)6-5(3(1)9)11-13-12-6/h1-6,11-13H. The molecule has 1 aliphatic carbocycles. The highest BCUT2D eigenvalue weighted by Crippen LogP contribution is 2.35. The SMILES string of the molecule is ClC1C(Cl)C(Cl)C2NNNC2C1Cl. The highest BCUT2D eigenvalue weighted by molar-refractivity contribution is 6.39. The summed E-state index contributed by atoms with van der Waals surface area (Å²) in [6.45, 7) is 0. The Morgan fingerprint density at radius 1 is 0.615 bits per heavy atom. The van der Waals surface area contributed by atoms with E-state index in [0.29, 0.717) is 0 Å². The van der Waals surface area contributed by atoms with E-state index in [1.165, 1.54) is 0 Å². The molecule has 1 aliphatic heterocycles. The zero-order valence-electron chi connectivity index (χ0n) is 6.48. The quantitative estimate of drug-likeness (QED) is 0.566. The third-order valence-corrected chi connectivity index (χ3v) is 5.02. The predicted molar refractivity (Wildman–Crippen MR) is 55.5 cm³/mol. The van der Waals surface area contributed by atoms with Crippen LogP contribution in [0.4, 0.5) is 0 Å². The molecule has 0 aromatic heterocycles. The van der Waals surface area contributed by atoms with E-state index in [0.717, 1.165) is 0 Å². The van der Waals surface area contributed by atoms with E-state index in [1.807, 2.05) is 0 Å². The van der Waals surface area contributed by atoms with Gasteiger partial charge in [-0.25, -0.2) is 10.9 Å². The fraction of sp³-hybridized carbons (Fsp3) is 1.00. The average Bonchev–Trinajstić information content (AvgIpc) is 2.59. The third-order valence-electron chi connectivity index (χ3n) is 2.46. The van der Waals surface area contributed by atoms with Gasteiger partial charge in [0.15, 0.2) is 0 Å². The van der Waals surface area contributed by atoms with Gasteiger partial charge >= 0.3 is 0 Å². The van der Waals surface area contributed by atoms with Gasteiger partial charge in [0, 0.05) is 0 Å². The van der Waals surface area contributed by atoms with Crippen molar-refractivity contribution in [1.82, 2.24) is 16.4 Å². The van der Waals surface area contributed by atoms with Gasteiger partial charge in [-0.15, -0.1) is 46.4 Å². The van der Waals surface area contributed by atoms with E-state index in [-0.39, 0.29) is 33.6 Å². The van der Waals surface area contributed by atoms with Crippen molar-refractivity contribution in [2.24, 2.45) is 0 Å². The predicted octanol–water partition coefficient (Wildman–Crippen LogP) is 0.779. The lowest BCUT2D eigenvalue weighted by Crippen LogP contribution is -2.59. The summed E-state index contributed by atoms with van der Waals surface area (Å²) < 4.78 is 0. The van der Waals surface area contributed by atoms with Gasteiger partial charge in [0.05, 0.1) is 33.6 Å². The van der Waals surface area contributed by atoms with Crippen LogP contribution < -0.4 is 16.4 Å². The molecule has 6 unspecified atom stereocenters. The fourth-order valence-electron chi connectivity index (χ4n) is 1.69. The first-order chi connectivity index (χ1) is 6.13. The number of hydrazine groups is 2. The Bertz CT molecular complexity index is 184. The van der Waals surface area contributed by atoms with Crippen LogP contribution in [0.3, 0.4) is 0 Å². The van der Waals surface area contributed by atoms with E-state index >= 15 is 0 Å². The molecule has 3 nitrogen and oxygen atoms in total. The summed E-state index contributed by atoms with van der Waals surface area (Å²) in [7, 11) is 0. The summed E-state index contributed by atoms with van der Waals surface area (Å²) in [6, 6.07) is 0.0309. The lowest BCUT2D eigenvalue weighted by Gasteiger charge is -2.38. The second kappa shape index (κ2) is 3.89. The molecule has 2 fully saturated rings. The molecule has 7 heteroatoms. The molecule has 3 N–H and O–H groups in total. The Balaban J connectivity index is 2.19. The van der Waals surface area contributed by atoms with Crippen LogP contribution in [0.25, 0.3) is 0 Å². The Labute approximate surface area is 96.4 Å². The number of halogens is 4. The molecule has 2 rings (SSSR count). The number of hydrogen-bond donors (Lipinski definition) is 3. The summed E-state index contributed by atoms with van der Waals surface area (Å²) in [6.07, 6.45) is 0. The van der Waals surface area contributed by atoms with Crippen molar-refractivity contribution in [2.75, 3.05) is 0 Å². The van der Waals surface area contributed by atoms with E-state index < -0.39 is 0 Å². The number of nitrogens with one attached hydrogen (secondary N) is 3. The maximum atomic E-state index is 6.11. The number of fused-ring (bicyclic) bond motifs is 1. The molecule has 0 spiro atoms. The first-order valence-electron chi connectivity index (χ1n) is 3.95. The second-order valence-corrected chi connectivity index (χ2v) is 5.26. The van der Waals surface area contributed by atoms with Crippen molar-refractivity contribution in [3.05, 3.63) is 0 Å². The van der Waals surface area contributed by atoms with Gasteiger partial charge < -0.3 is 0 Å². The van der Waals surface area contributed by atoms with Crippen LogP contribution in [0, 0.1) is 0 Å². The number of alkyl halides is 4. The summed E-state index contributed by atoms with van der Waals surface area (Å²) in [4.78, 5) is 0. The summed E-state index contributed by atoms with van der Waals surface area (Å²) in [5, 5.41) is -1.10. The lowest BCUT2D eigenvalue weighted by atomic mass is 9.90. The maximum Gasteiger partial charge on any atom is 0.0698 e. The van der Waals surface area contributed by atoms with Gasteiger partial charge in [-0.2, -0.15) is 5.53 Å². The zero-order chi connectivity index (χ0) is 9.59. The van der Waals surface area contributed by atoms with Crippen LogP contribution in [0.15, 0.2) is 0 Å². The highest BCUT2D eigenvalue weighted by Gasteiger charge is 2.50. The van der Waals surface area contributed by atoms with Crippen LogP contribution in [0.1, 0.15) is 0 Å². The first kappa shape index (κ1) is 10.6. The maximum absolute atomic E-state index is 6.11. The molecular weight excluding hydrogens is 256 g/mol. The van der Waals surface area contributed by atoms with E-state index in [9.17, 15) is 0 Å². The van der Waals surface area contributed by atoms with Gasteiger partial charge in [-0.05, 0) is 0 Å². The lowest BCUT2D eigenvalue weighted by molar-refractivity contribution is 0.394. The van der Waals surface area contributed by atoms with Crippen molar-refractivity contribution < 1.29 is 0 Å². The number of hydrogen-bond acceptors (Lipinski definition) is 3. The largest absolute Gasteiger partial charge is 0.238 e. The van der Waals surface area contributed by atoms with Crippen LogP contribution in [0.2, 0.25) is 0 Å². The summed E-state index contributed by atoms with van der Waals surface area (Å²) >= 11 is 24.3. The molecular formula is C6H9Cl4N3. The average molecular weight is 265 g/mol. The molecule has 0 aromatic carbocycles. The molecule has 0 radical (unpaired) electrons. The smallest absolute Gasteiger partial charge is 0.0698 e. The molecule has 0 aromatic rings. The zero-order valence-corrected chi connectivity index (χ0v) is 9.50. The summed E-state index contributed by atoms with van der Waals surface area (Å²) in [5.74, 6) is 0. The van der Waals surface area contributed by atoms with Crippen molar-refractivity contribution >= 4 is 46.4 Å². The van der Waals surface area contributed by atoms with Gasteiger partial charge in [0.1, 0.15) is 0 Å². The fourth-order valence-corrected chi connectivity index (χ4v) is 3.22. The second-order valence-electron chi connectivity index (χ2n) is 3.24.